The Bertz CT molecular complexity index is 525. The van der Waals surface area contributed by atoms with Crippen LogP contribution >= 0.6 is 0 Å². The minimum Gasteiger partial charge on any atom is -0.495 e. The van der Waals surface area contributed by atoms with E-state index in [1.54, 1.807) is 0 Å². The van der Waals surface area contributed by atoms with E-state index in [-0.39, 0.29) is 17.0 Å². The predicted molar refractivity (Wildman–Crippen MR) is 64.6 cm³/mol. The van der Waals surface area contributed by atoms with Crippen LogP contribution in [-0.2, 0) is 10.0 Å². The maximum Gasteiger partial charge on any atom is 0.248 e. The van der Waals surface area contributed by atoms with Crippen molar-refractivity contribution in [1.29, 1.82) is 0 Å². The molecule has 0 spiro atoms. The second kappa shape index (κ2) is 5.05. The summed E-state index contributed by atoms with van der Waals surface area (Å²) in [6, 6.07) is 4.28. The third kappa shape index (κ3) is 3.35. The molecule has 0 saturated heterocycles. The van der Waals surface area contributed by atoms with Gasteiger partial charge in [-0.1, -0.05) is 0 Å². The van der Waals surface area contributed by atoms with Gasteiger partial charge in [-0.05, 0) is 25.1 Å². The third-order valence-electron chi connectivity index (χ3n) is 2.13. The summed E-state index contributed by atoms with van der Waals surface area (Å²) in [5.74, 6) is -0.381. The highest BCUT2D eigenvalue weighted by molar-refractivity contribution is 7.92. The molecular weight excluding hydrogens is 244 g/mol. The first-order valence-corrected chi connectivity index (χ1v) is 6.53. The van der Waals surface area contributed by atoms with E-state index in [1.807, 2.05) is 0 Å². The summed E-state index contributed by atoms with van der Waals surface area (Å²) in [5.41, 5.74) is 5.52. The Morgan fingerprint density at radius 3 is 2.59 bits per heavy atom. The lowest BCUT2D eigenvalue weighted by molar-refractivity contribution is 0.100. The molecule has 1 aromatic rings. The number of carbonyl (C=O) groups excluding carboxylic acids is 1. The highest BCUT2D eigenvalue weighted by atomic mass is 32.2. The van der Waals surface area contributed by atoms with Crippen LogP contribution in [-0.4, -0.2) is 27.2 Å². The minimum atomic E-state index is -3.43. The molecule has 0 fully saturated rings. The molecule has 6 nitrogen and oxygen atoms in total. The minimum absolute atomic E-state index is 0.0725. The SMILES string of the molecule is CCS(=O)(=O)Nc1cc(C(N)=O)ccc1OC. The maximum absolute atomic E-state index is 11.4. The van der Waals surface area contributed by atoms with Crippen molar-refractivity contribution in [3.63, 3.8) is 0 Å². The number of hydrogen-bond acceptors (Lipinski definition) is 4. The molecule has 0 atom stereocenters. The van der Waals surface area contributed by atoms with E-state index >= 15 is 0 Å². The first-order chi connectivity index (χ1) is 7.89. The standard InChI is InChI=1S/C10H14N2O4S/c1-3-17(14,15)12-8-6-7(10(11)13)4-5-9(8)16-2/h4-6,12H,3H2,1-2H3,(H2,11,13). The summed E-state index contributed by atoms with van der Waals surface area (Å²) in [4.78, 5) is 11.0. The van der Waals surface area contributed by atoms with Gasteiger partial charge < -0.3 is 10.5 Å². The maximum atomic E-state index is 11.4. The van der Waals surface area contributed by atoms with E-state index in [0.717, 1.165) is 0 Å². The van der Waals surface area contributed by atoms with E-state index in [2.05, 4.69) is 4.72 Å². The van der Waals surface area contributed by atoms with Gasteiger partial charge >= 0.3 is 0 Å². The van der Waals surface area contributed by atoms with Crippen molar-refractivity contribution in [2.24, 2.45) is 5.73 Å². The number of carbonyl (C=O) groups is 1. The molecule has 0 unspecified atom stereocenters. The molecule has 0 bridgehead atoms. The van der Waals surface area contributed by atoms with Gasteiger partial charge in [0.1, 0.15) is 5.75 Å². The number of methoxy groups -OCH3 is 1. The Kier molecular flexibility index (Phi) is 3.95. The van der Waals surface area contributed by atoms with E-state index < -0.39 is 15.9 Å². The monoisotopic (exact) mass is 258 g/mol. The molecule has 1 amide bonds. The van der Waals surface area contributed by atoms with E-state index in [9.17, 15) is 13.2 Å². The molecule has 0 aliphatic heterocycles. The topological polar surface area (TPSA) is 98.5 Å². The fourth-order valence-corrected chi connectivity index (χ4v) is 1.82. The number of sulfonamides is 1. The van der Waals surface area contributed by atoms with E-state index in [0.29, 0.717) is 5.75 Å². The smallest absolute Gasteiger partial charge is 0.248 e. The number of amides is 1. The summed E-state index contributed by atoms with van der Waals surface area (Å²) in [6.07, 6.45) is 0. The average molecular weight is 258 g/mol. The summed E-state index contributed by atoms with van der Waals surface area (Å²) in [5, 5.41) is 0. The Hall–Kier alpha value is -1.76. The molecule has 0 radical (unpaired) electrons. The van der Waals surface area contributed by atoms with Gasteiger partial charge in [-0.2, -0.15) is 0 Å². The van der Waals surface area contributed by atoms with Gasteiger partial charge in [0.05, 0.1) is 18.6 Å². The Balaban J connectivity index is 3.19. The number of anilines is 1. The zero-order valence-electron chi connectivity index (χ0n) is 9.56. The quantitative estimate of drug-likeness (QED) is 0.806. The second-order valence-electron chi connectivity index (χ2n) is 3.28. The molecule has 7 heteroatoms. The molecular formula is C10H14N2O4S. The van der Waals surface area contributed by atoms with Crippen LogP contribution in [0.15, 0.2) is 18.2 Å². The number of hydrogen-bond donors (Lipinski definition) is 2. The van der Waals surface area contributed by atoms with Gasteiger partial charge in [0.2, 0.25) is 15.9 Å². The number of ether oxygens (including phenoxy) is 1. The van der Waals surface area contributed by atoms with Crippen LogP contribution in [0.1, 0.15) is 17.3 Å². The molecule has 0 saturated carbocycles. The van der Waals surface area contributed by atoms with Gasteiger partial charge in [0.25, 0.3) is 0 Å². The lowest BCUT2D eigenvalue weighted by Gasteiger charge is -2.11. The van der Waals surface area contributed by atoms with Crippen LogP contribution < -0.4 is 15.2 Å². The Morgan fingerprint density at radius 1 is 1.47 bits per heavy atom. The first kappa shape index (κ1) is 13.3. The van der Waals surface area contributed by atoms with Gasteiger partial charge in [-0.25, -0.2) is 8.42 Å². The summed E-state index contributed by atoms with van der Waals surface area (Å²) in [7, 11) is -2.02. The molecule has 1 rings (SSSR count). The van der Waals surface area contributed by atoms with Crippen molar-refractivity contribution in [2.75, 3.05) is 17.6 Å². The number of benzene rings is 1. The largest absolute Gasteiger partial charge is 0.495 e. The Morgan fingerprint density at radius 2 is 2.12 bits per heavy atom. The molecule has 0 aliphatic rings. The normalized spacial score (nSPS) is 10.9. The van der Waals surface area contributed by atoms with E-state index in [4.69, 9.17) is 10.5 Å². The first-order valence-electron chi connectivity index (χ1n) is 4.88. The van der Waals surface area contributed by atoms with Gasteiger partial charge in [-0.3, -0.25) is 9.52 Å². The summed E-state index contributed by atoms with van der Waals surface area (Å²) >= 11 is 0. The second-order valence-corrected chi connectivity index (χ2v) is 5.30. The van der Waals surface area contributed by atoms with Crippen LogP contribution in [0.2, 0.25) is 0 Å². The van der Waals surface area contributed by atoms with Crippen LogP contribution in [0.4, 0.5) is 5.69 Å². The number of rotatable bonds is 5. The van der Waals surface area contributed by atoms with Crippen molar-refractivity contribution in [3.8, 4) is 5.75 Å². The summed E-state index contributed by atoms with van der Waals surface area (Å²) < 4.78 is 30.2. The number of primary amides is 1. The molecule has 0 heterocycles. The summed E-state index contributed by atoms with van der Waals surface area (Å²) in [6.45, 7) is 1.51. The number of nitrogens with two attached hydrogens (primary N) is 1. The molecule has 17 heavy (non-hydrogen) atoms. The lowest BCUT2D eigenvalue weighted by atomic mass is 10.2. The zero-order chi connectivity index (χ0) is 13.1. The van der Waals surface area contributed by atoms with Crippen molar-refractivity contribution in [1.82, 2.24) is 0 Å². The van der Waals surface area contributed by atoms with Gasteiger partial charge in [-0.15, -0.1) is 0 Å². The lowest BCUT2D eigenvalue weighted by Crippen LogP contribution is -2.17. The van der Waals surface area contributed by atoms with Crippen LogP contribution in [0.25, 0.3) is 0 Å². The predicted octanol–water partition coefficient (Wildman–Crippen LogP) is 0.556. The highest BCUT2D eigenvalue weighted by Crippen LogP contribution is 2.26. The van der Waals surface area contributed by atoms with Crippen molar-refractivity contribution in [2.45, 2.75) is 6.92 Å². The number of nitrogens with one attached hydrogen (secondary N) is 1. The molecule has 94 valence electrons. The third-order valence-corrected chi connectivity index (χ3v) is 3.42. The molecule has 0 aliphatic carbocycles. The Labute approximate surface area is 99.8 Å². The fraction of sp³-hybridized carbons (Fsp3) is 0.300. The molecule has 0 aromatic heterocycles. The molecule has 3 N–H and O–H groups in total. The average Bonchev–Trinajstić information content (AvgIpc) is 2.28. The van der Waals surface area contributed by atoms with E-state index in [1.165, 1.54) is 32.2 Å². The van der Waals surface area contributed by atoms with Gasteiger partial charge in [0, 0.05) is 5.56 Å². The zero-order valence-corrected chi connectivity index (χ0v) is 10.4. The van der Waals surface area contributed by atoms with Crippen molar-refractivity contribution < 1.29 is 17.9 Å². The van der Waals surface area contributed by atoms with Crippen LogP contribution in [0.3, 0.4) is 0 Å². The molecule has 1 aromatic carbocycles. The van der Waals surface area contributed by atoms with Crippen LogP contribution in [0.5, 0.6) is 5.75 Å². The van der Waals surface area contributed by atoms with Crippen LogP contribution in [0, 0.1) is 0 Å². The van der Waals surface area contributed by atoms with Crippen molar-refractivity contribution >= 4 is 21.6 Å². The van der Waals surface area contributed by atoms with Gasteiger partial charge in [0.15, 0.2) is 0 Å². The highest BCUT2D eigenvalue weighted by Gasteiger charge is 2.13. The van der Waals surface area contributed by atoms with Crippen molar-refractivity contribution in [3.05, 3.63) is 23.8 Å². The fourth-order valence-electron chi connectivity index (χ4n) is 1.18.